The number of aromatic nitrogens is 2. The fourth-order valence-electron chi connectivity index (χ4n) is 2.96. The molecule has 3 aromatic rings. The summed E-state index contributed by atoms with van der Waals surface area (Å²) < 4.78 is 2.54. The molecule has 3 rings (SSSR count). The van der Waals surface area contributed by atoms with E-state index in [-0.39, 0.29) is 18.1 Å². The maximum atomic E-state index is 13.0. The van der Waals surface area contributed by atoms with E-state index in [0.717, 1.165) is 0 Å². The Bertz CT molecular complexity index is 1120. The highest BCUT2D eigenvalue weighted by molar-refractivity contribution is 6.33. The molecule has 0 aliphatic carbocycles. The number of nitrogens with one attached hydrogen (secondary N) is 1. The Kier molecular flexibility index (Phi) is 5.46. The first kappa shape index (κ1) is 18.9. The lowest BCUT2D eigenvalue weighted by atomic mass is 10.2. The van der Waals surface area contributed by atoms with Gasteiger partial charge in [-0.25, -0.2) is 4.79 Å². The molecule has 0 radical (unpaired) electrons. The second-order valence-electron chi connectivity index (χ2n) is 6.35. The number of fused-ring (bicyclic) bond motifs is 1. The molecule has 1 aromatic heterocycles. The Labute approximate surface area is 161 Å². The zero-order valence-corrected chi connectivity index (χ0v) is 15.9. The molecule has 7 heteroatoms. The molecule has 0 saturated heterocycles. The van der Waals surface area contributed by atoms with Crippen LogP contribution in [0.25, 0.3) is 10.9 Å². The molecule has 0 bridgehead atoms. The molecule has 0 aliphatic rings. The fourth-order valence-corrected chi connectivity index (χ4v) is 3.14. The van der Waals surface area contributed by atoms with E-state index < -0.39 is 11.6 Å². The molecule has 0 saturated carbocycles. The van der Waals surface area contributed by atoms with E-state index in [9.17, 15) is 14.4 Å². The van der Waals surface area contributed by atoms with Crippen molar-refractivity contribution in [3.05, 3.63) is 74.4 Å². The second-order valence-corrected chi connectivity index (χ2v) is 6.75. The lowest BCUT2D eigenvalue weighted by Gasteiger charge is -2.17. The molecule has 0 spiro atoms. The van der Waals surface area contributed by atoms with Crippen molar-refractivity contribution in [2.45, 2.75) is 32.9 Å². The molecule has 1 heterocycles. The van der Waals surface area contributed by atoms with E-state index in [2.05, 4.69) is 5.32 Å². The van der Waals surface area contributed by atoms with Crippen LogP contribution in [0, 0.1) is 0 Å². The van der Waals surface area contributed by atoms with Crippen LogP contribution in [0.4, 0.5) is 5.69 Å². The molecule has 140 valence electrons. The molecular weight excluding hydrogens is 366 g/mol. The minimum absolute atomic E-state index is 0.221. The van der Waals surface area contributed by atoms with Gasteiger partial charge in [0.1, 0.15) is 6.54 Å². The number of carbonyl (C=O) groups excluding carboxylic acids is 1. The Morgan fingerprint density at radius 3 is 2.48 bits per heavy atom. The van der Waals surface area contributed by atoms with Crippen molar-refractivity contribution in [2.24, 2.45) is 0 Å². The summed E-state index contributed by atoms with van der Waals surface area (Å²) in [6.45, 7) is 3.49. The predicted octanol–water partition coefficient (Wildman–Crippen LogP) is 3.43. The number of anilines is 1. The highest BCUT2D eigenvalue weighted by atomic mass is 35.5. The summed E-state index contributed by atoms with van der Waals surface area (Å²) in [5, 5.41) is 3.53. The van der Waals surface area contributed by atoms with Gasteiger partial charge in [0.15, 0.2) is 0 Å². The number of carbonyl (C=O) groups is 1. The van der Waals surface area contributed by atoms with Crippen molar-refractivity contribution in [2.75, 3.05) is 5.32 Å². The van der Waals surface area contributed by atoms with Crippen LogP contribution in [0.5, 0.6) is 0 Å². The van der Waals surface area contributed by atoms with Crippen molar-refractivity contribution >= 4 is 34.1 Å². The van der Waals surface area contributed by atoms with Gasteiger partial charge in [-0.05, 0) is 37.6 Å². The molecule has 1 N–H and O–H groups in total. The monoisotopic (exact) mass is 385 g/mol. The van der Waals surface area contributed by atoms with Gasteiger partial charge in [0.05, 0.1) is 21.6 Å². The largest absolute Gasteiger partial charge is 0.332 e. The summed E-state index contributed by atoms with van der Waals surface area (Å²) in [5.74, 6) is -0.398. The smallest absolute Gasteiger partial charge is 0.323 e. The second kappa shape index (κ2) is 7.80. The van der Waals surface area contributed by atoms with Crippen LogP contribution in [0.3, 0.4) is 0 Å². The average Bonchev–Trinajstić information content (AvgIpc) is 2.67. The zero-order chi connectivity index (χ0) is 19.6. The van der Waals surface area contributed by atoms with Crippen LogP contribution in [-0.2, 0) is 11.3 Å². The van der Waals surface area contributed by atoms with Gasteiger partial charge in [0, 0.05) is 6.04 Å². The molecular formula is C20H20ClN3O3. The van der Waals surface area contributed by atoms with Gasteiger partial charge in [-0.3, -0.25) is 18.7 Å². The number of nitrogens with zero attached hydrogens (tertiary/aromatic N) is 2. The van der Waals surface area contributed by atoms with Gasteiger partial charge in [-0.2, -0.15) is 0 Å². The summed E-state index contributed by atoms with van der Waals surface area (Å²) in [4.78, 5) is 38.3. The van der Waals surface area contributed by atoms with E-state index >= 15 is 0 Å². The molecule has 1 atom stereocenters. The highest BCUT2D eigenvalue weighted by Gasteiger charge is 2.18. The van der Waals surface area contributed by atoms with E-state index in [1.807, 2.05) is 13.8 Å². The van der Waals surface area contributed by atoms with Gasteiger partial charge >= 0.3 is 5.69 Å². The molecule has 27 heavy (non-hydrogen) atoms. The number of rotatable bonds is 5. The lowest BCUT2D eigenvalue weighted by Crippen LogP contribution is -2.43. The number of amides is 1. The third-order valence-electron chi connectivity index (χ3n) is 4.56. The van der Waals surface area contributed by atoms with E-state index in [1.54, 1.807) is 48.5 Å². The maximum Gasteiger partial charge on any atom is 0.332 e. The fraction of sp³-hybridized carbons (Fsp3) is 0.250. The minimum Gasteiger partial charge on any atom is -0.323 e. The summed E-state index contributed by atoms with van der Waals surface area (Å²) in [7, 11) is 0. The van der Waals surface area contributed by atoms with Crippen LogP contribution in [-0.4, -0.2) is 15.0 Å². The van der Waals surface area contributed by atoms with Gasteiger partial charge in [-0.15, -0.1) is 0 Å². The van der Waals surface area contributed by atoms with Crippen molar-refractivity contribution in [3.8, 4) is 0 Å². The summed E-state index contributed by atoms with van der Waals surface area (Å²) in [6.07, 6.45) is 0.624. The predicted molar refractivity (Wildman–Crippen MR) is 108 cm³/mol. The molecule has 1 unspecified atom stereocenters. The molecule has 0 fully saturated rings. The molecule has 2 aromatic carbocycles. The third kappa shape index (κ3) is 3.66. The van der Waals surface area contributed by atoms with Crippen LogP contribution in [0.1, 0.15) is 26.3 Å². The van der Waals surface area contributed by atoms with Crippen molar-refractivity contribution in [3.63, 3.8) is 0 Å². The topological polar surface area (TPSA) is 73.1 Å². The molecule has 0 aliphatic heterocycles. The number of para-hydroxylation sites is 2. The number of hydrogen-bond acceptors (Lipinski definition) is 3. The first-order valence-electron chi connectivity index (χ1n) is 8.72. The van der Waals surface area contributed by atoms with Gasteiger partial charge in [-0.1, -0.05) is 42.8 Å². The first-order valence-corrected chi connectivity index (χ1v) is 9.10. The van der Waals surface area contributed by atoms with E-state index in [4.69, 9.17) is 11.6 Å². The molecule has 6 nitrogen and oxygen atoms in total. The van der Waals surface area contributed by atoms with Gasteiger partial charge in [0.2, 0.25) is 5.91 Å². The van der Waals surface area contributed by atoms with Crippen LogP contribution >= 0.6 is 11.6 Å². The summed E-state index contributed by atoms with van der Waals surface area (Å²) in [6, 6.07) is 13.4. The maximum absolute atomic E-state index is 13.0. The van der Waals surface area contributed by atoms with Crippen LogP contribution in [0.15, 0.2) is 58.1 Å². The minimum atomic E-state index is -0.498. The summed E-state index contributed by atoms with van der Waals surface area (Å²) >= 11 is 6.08. The Morgan fingerprint density at radius 2 is 1.78 bits per heavy atom. The Morgan fingerprint density at radius 1 is 1.11 bits per heavy atom. The van der Waals surface area contributed by atoms with Crippen molar-refractivity contribution < 1.29 is 4.79 Å². The van der Waals surface area contributed by atoms with Crippen LogP contribution in [0.2, 0.25) is 5.02 Å². The Hall–Kier alpha value is -2.86. The first-order chi connectivity index (χ1) is 12.9. The van der Waals surface area contributed by atoms with E-state index in [1.165, 1.54) is 9.13 Å². The Balaban J connectivity index is 2.08. The number of hydrogen-bond donors (Lipinski definition) is 1. The number of benzene rings is 2. The number of halogens is 1. The zero-order valence-electron chi connectivity index (χ0n) is 15.1. The third-order valence-corrected chi connectivity index (χ3v) is 4.89. The van der Waals surface area contributed by atoms with Crippen molar-refractivity contribution in [1.29, 1.82) is 0 Å². The standard InChI is InChI=1S/C20H20ClN3O3/c1-3-13(2)24-19(26)14-8-4-7-11-17(14)23(20(24)27)12-18(25)22-16-10-6-5-9-15(16)21/h4-11,13H,3,12H2,1-2H3,(H,22,25). The van der Waals surface area contributed by atoms with Gasteiger partial charge < -0.3 is 5.32 Å². The molecule has 1 amide bonds. The van der Waals surface area contributed by atoms with Crippen molar-refractivity contribution in [1.82, 2.24) is 9.13 Å². The average molecular weight is 386 g/mol. The normalized spacial score (nSPS) is 12.1. The van der Waals surface area contributed by atoms with E-state index in [0.29, 0.717) is 28.0 Å². The van der Waals surface area contributed by atoms with Gasteiger partial charge in [0.25, 0.3) is 5.56 Å². The van der Waals surface area contributed by atoms with Crippen LogP contribution < -0.4 is 16.6 Å². The quantitative estimate of drug-likeness (QED) is 0.731. The summed E-state index contributed by atoms with van der Waals surface area (Å²) in [5.41, 5.74) is 0.0631. The highest BCUT2D eigenvalue weighted by Crippen LogP contribution is 2.20. The SMILES string of the molecule is CCC(C)n1c(=O)c2ccccc2n(CC(=O)Nc2ccccc2Cl)c1=O. The lowest BCUT2D eigenvalue weighted by molar-refractivity contribution is -0.116.